The molecule has 0 aromatic carbocycles. The molecule has 0 radical (unpaired) electrons. The second kappa shape index (κ2) is 7.33. The number of hydrogen-bond donors (Lipinski definition) is 0. The number of aromatic nitrogens is 3. The highest BCUT2D eigenvalue weighted by atomic mass is 35.5. The third kappa shape index (κ3) is 3.29. The van der Waals surface area contributed by atoms with E-state index in [9.17, 15) is 9.59 Å². The largest absolute Gasteiger partial charge is 0.383 e. The Morgan fingerprint density at radius 2 is 2.04 bits per heavy atom. The molecule has 3 rings (SSSR count). The molecular formula is C17H19ClN4O3. The van der Waals surface area contributed by atoms with Crippen LogP contribution in [0.3, 0.4) is 0 Å². The average Bonchev–Trinajstić information content (AvgIpc) is 3.04. The topological polar surface area (TPSA) is 78.5 Å². The highest BCUT2D eigenvalue weighted by Gasteiger charge is 2.25. The van der Waals surface area contributed by atoms with Gasteiger partial charge in [0.1, 0.15) is 11.0 Å². The lowest BCUT2D eigenvalue weighted by molar-refractivity contribution is 0.185. The van der Waals surface area contributed by atoms with Crippen molar-refractivity contribution >= 4 is 23.1 Å². The van der Waals surface area contributed by atoms with Crippen molar-refractivity contribution in [3.05, 3.63) is 55.4 Å². The zero-order valence-electron chi connectivity index (χ0n) is 14.2. The van der Waals surface area contributed by atoms with Crippen molar-refractivity contribution in [3.8, 4) is 0 Å². The molecule has 2 aromatic heterocycles. The van der Waals surface area contributed by atoms with Crippen LogP contribution >= 0.6 is 11.6 Å². The Labute approximate surface area is 149 Å². The van der Waals surface area contributed by atoms with Gasteiger partial charge < -0.3 is 4.74 Å². The van der Waals surface area contributed by atoms with E-state index in [2.05, 4.69) is 9.98 Å². The van der Waals surface area contributed by atoms with Crippen molar-refractivity contribution in [1.82, 2.24) is 14.1 Å². The number of nitrogens with zero attached hydrogens (tertiary/aromatic N) is 4. The molecule has 0 amide bonds. The summed E-state index contributed by atoms with van der Waals surface area (Å²) in [6.45, 7) is 3.02. The summed E-state index contributed by atoms with van der Waals surface area (Å²) in [5.74, 6) is 0.421. The maximum Gasteiger partial charge on any atom is 0.332 e. The van der Waals surface area contributed by atoms with Gasteiger partial charge in [0.15, 0.2) is 0 Å². The quantitative estimate of drug-likeness (QED) is 0.734. The second-order valence-corrected chi connectivity index (χ2v) is 6.18. The van der Waals surface area contributed by atoms with E-state index < -0.39 is 0 Å². The number of aliphatic imine (C=N–C) groups is 1. The first-order valence-corrected chi connectivity index (χ1v) is 8.49. The van der Waals surface area contributed by atoms with Crippen molar-refractivity contribution in [2.45, 2.75) is 32.9 Å². The maximum atomic E-state index is 12.7. The smallest absolute Gasteiger partial charge is 0.332 e. The first-order chi connectivity index (χ1) is 12.1. The van der Waals surface area contributed by atoms with E-state index in [1.54, 1.807) is 19.4 Å². The minimum Gasteiger partial charge on any atom is -0.383 e. The molecule has 132 valence electrons. The molecule has 0 atom stereocenters. The van der Waals surface area contributed by atoms with Gasteiger partial charge in [0, 0.05) is 31.8 Å². The molecule has 0 saturated heterocycles. The standard InChI is InChI=1S/C17H19ClN4O3/c1-3-6-22-16(23)12-9-13(11-4-5-14(18)19-10-11)20-15(12)21(17(22)24)7-8-25-2/h4-5,10H,3,6-9H2,1-2H3. The number of ether oxygens (including phenoxy) is 1. The molecule has 2 aromatic rings. The molecule has 1 aliphatic heterocycles. The van der Waals surface area contributed by atoms with Crippen LogP contribution in [0.1, 0.15) is 24.5 Å². The molecular weight excluding hydrogens is 344 g/mol. The van der Waals surface area contributed by atoms with Crippen LogP contribution in [0.25, 0.3) is 0 Å². The van der Waals surface area contributed by atoms with Gasteiger partial charge in [-0.2, -0.15) is 0 Å². The number of rotatable bonds is 6. The van der Waals surface area contributed by atoms with Crippen LogP contribution in [0.2, 0.25) is 5.15 Å². The number of methoxy groups -OCH3 is 1. The molecule has 3 heterocycles. The summed E-state index contributed by atoms with van der Waals surface area (Å²) in [4.78, 5) is 34.1. The van der Waals surface area contributed by atoms with E-state index in [0.717, 1.165) is 5.56 Å². The molecule has 0 unspecified atom stereocenters. The van der Waals surface area contributed by atoms with Gasteiger partial charge in [0.25, 0.3) is 5.56 Å². The van der Waals surface area contributed by atoms with Crippen LogP contribution in [0, 0.1) is 0 Å². The fourth-order valence-corrected chi connectivity index (χ4v) is 2.99. The SMILES string of the molecule is CCCn1c(=O)c2c(n(CCOC)c1=O)N=C(c1ccc(Cl)nc1)C2. The average molecular weight is 363 g/mol. The monoisotopic (exact) mass is 362 g/mol. The van der Waals surface area contributed by atoms with E-state index in [-0.39, 0.29) is 11.2 Å². The number of pyridine rings is 1. The zero-order valence-corrected chi connectivity index (χ0v) is 14.9. The van der Waals surface area contributed by atoms with Gasteiger partial charge in [-0.3, -0.25) is 13.9 Å². The van der Waals surface area contributed by atoms with Crippen molar-refractivity contribution in [1.29, 1.82) is 0 Å². The van der Waals surface area contributed by atoms with Crippen LogP contribution in [0.4, 0.5) is 5.82 Å². The predicted octanol–water partition coefficient (Wildman–Crippen LogP) is 1.79. The van der Waals surface area contributed by atoms with Crippen LogP contribution in [-0.2, 0) is 24.2 Å². The lowest BCUT2D eigenvalue weighted by Gasteiger charge is -2.13. The van der Waals surface area contributed by atoms with Crippen LogP contribution < -0.4 is 11.2 Å². The van der Waals surface area contributed by atoms with Crippen molar-refractivity contribution < 1.29 is 4.74 Å². The minimum atomic E-state index is -0.345. The summed E-state index contributed by atoms with van der Waals surface area (Å²) in [7, 11) is 1.57. The van der Waals surface area contributed by atoms with Gasteiger partial charge >= 0.3 is 5.69 Å². The molecule has 0 bridgehead atoms. The maximum absolute atomic E-state index is 12.7. The molecule has 0 spiro atoms. The molecule has 0 aliphatic carbocycles. The Kier molecular flexibility index (Phi) is 5.15. The molecule has 0 fully saturated rings. The highest BCUT2D eigenvalue weighted by Crippen LogP contribution is 2.25. The second-order valence-electron chi connectivity index (χ2n) is 5.79. The Morgan fingerprint density at radius 1 is 1.24 bits per heavy atom. The van der Waals surface area contributed by atoms with Gasteiger partial charge in [-0.15, -0.1) is 0 Å². The van der Waals surface area contributed by atoms with Crippen molar-refractivity contribution in [2.75, 3.05) is 13.7 Å². The van der Waals surface area contributed by atoms with Gasteiger partial charge in [0.2, 0.25) is 0 Å². The lowest BCUT2D eigenvalue weighted by Crippen LogP contribution is -2.41. The van der Waals surface area contributed by atoms with E-state index in [1.165, 1.54) is 9.13 Å². The van der Waals surface area contributed by atoms with E-state index >= 15 is 0 Å². The predicted molar refractivity (Wildman–Crippen MR) is 96.3 cm³/mol. The Bertz CT molecular complexity index is 929. The fraction of sp³-hybridized carbons (Fsp3) is 0.412. The summed E-state index contributed by atoms with van der Waals surface area (Å²) in [6.07, 6.45) is 2.69. The van der Waals surface area contributed by atoms with Gasteiger partial charge in [-0.25, -0.2) is 14.8 Å². The lowest BCUT2D eigenvalue weighted by atomic mass is 10.1. The van der Waals surface area contributed by atoms with Crippen LogP contribution in [-0.4, -0.2) is 33.5 Å². The normalized spacial score (nSPS) is 13.0. The Morgan fingerprint density at radius 3 is 2.68 bits per heavy atom. The van der Waals surface area contributed by atoms with Gasteiger partial charge in [-0.1, -0.05) is 18.5 Å². The third-order valence-electron chi connectivity index (χ3n) is 4.10. The molecule has 25 heavy (non-hydrogen) atoms. The number of halogens is 1. The summed E-state index contributed by atoms with van der Waals surface area (Å²) in [5.41, 5.74) is 1.41. The van der Waals surface area contributed by atoms with Crippen LogP contribution in [0.5, 0.6) is 0 Å². The van der Waals surface area contributed by atoms with Gasteiger partial charge in [-0.05, 0) is 18.6 Å². The Balaban J connectivity index is 2.12. The first kappa shape index (κ1) is 17.6. The molecule has 0 saturated carbocycles. The highest BCUT2D eigenvalue weighted by molar-refractivity contribution is 6.29. The first-order valence-electron chi connectivity index (χ1n) is 8.11. The van der Waals surface area contributed by atoms with E-state index in [4.69, 9.17) is 16.3 Å². The minimum absolute atomic E-state index is 0.267. The summed E-state index contributed by atoms with van der Waals surface area (Å²) in [5, 5.41) is 0.391. The summed E-state index contributed by atoms with van der Waals surface area (Å²) < 4.78 is 7.90. The van der Waals surface area contributed by atoms with Crippen molar-refractivity contribution in [3.63, 3.8) is 0 Å². The molecule has 0 N–H and O–H groups in total. The van der Waals surface area contributed by atoms with Crippen molar-refractivity contribution in [2.24, 2.45) is 4.99 Å². The summed E-state index contributed by atoms with van der Waals surface area (Å²) >= 11 is 5.83. The molecule has 8 heteroatoms. The number of hydrogen-bond acceptors (Lipinski definition) is 5. The zero-order chi connectivity index (χ0) is 18.0. The molecule has 7 nitrogen and oxygen atoms in total. The van der Waals surface area contributed by atoms with E-state index in [0.29, 0.717) is 54.8 Å². The van der Waals surface area contributed by atoms with Gasteiger partial charge in [0.05, 0.1) is 24.4 Å². The fourth-order valence-electron chi connectivity index (χ4n) is 2.88. The summed E-state index contributed by atoms with van der Waals surface area (Å²) in [6, 6.07) is 3.48. The Hall–Kier alpha value is -2.25. The van der Waals surface area contributed by atoms with Crippen LogP contribution in [0.15, 0.2) is 32.9 Å². The third-order valence-corrected chi connectivity index (χ3v) is 4.33. The molecule has 1 aliphatic rings. The van der Waals surface area contributed by atoms with E-state index in [1.807, 2.05) is 13.0 Å². The number of fused-ring (bicyclic) bond motifs is 1.